The monoisotopic (exact) mass is 429 g/mol. The Morgan fingerprint density at radius 2 is 1.81 bits per heavy atom. The number of carboxylic acids is 1. The van der Waals surface area contributed by atoms with Crippen molar-refractivity contribution in [3.8, 4) is 5.75 Å². The zero-order valence-corrected chi connectivity index (χ0v) is 17.4. The number of rotatable bonds is 5. The summed E-state index contributed by atoms with van der Waals surface area (Å²) in [6.07, 6.45) is 2.25. The number of aromatic carboxylic acids is 1. The smallest absolute Gasteiger partial charge is 0.335 e. The van der Waals surface area contributed by atoms with Crippen molar-refractivity contribution in [2.45, 2.75) is 31.7 Å². The molecule has 0 spiro atoms. The maximum absolute atomic E-state index is 13.8. The molecule has 1 aromatic heterocycles. The summed E-state index contributed by atoms with van der Waals surface area (Å²) in [5.41, 5.74) is 2.77. The van der Waals surface area contributed by atoms with Gasteiger partial charge in [0.05, 0.1) is 29.5 Å². The maximum atomic E-state index is 13.8. The number of hydrogen-bond acceptors (Lipinski definition) is 5. The number of carboxylic acid groups (broad SMARTS) is 1. The predicted octanol–water partition coefficient (Wildman–Crippen LogP) is 3.35. The second kappa shape index (κ2) is 8.43. The van der Waals surface area contributed by atoms with Gasteiger partial charge in [-0.15, -0.1) is 0 Å². The molecule has 1 saturated heterocycles. The topological polar surface area (TPSA) is 83.0 Å². The van der Waals surface area contributed by atoms with E-state index in [1.165, 1.54) is 0 Å². The summed E-state index contributed by atoms with van der Waals surface area (Å²) < 4.78 is 6.33. The summed E-state index contributed by atoms with van der Waals surface area (Å²) in [6.45, 7) is 1.54. The first-order chi connectivity index (χ1) is 15.6. The van der Waals surface area contributed by atoms with Crippen LogP contribution in [0.2, 0.25) is 0 Å². The van der Waals surface area contributed by atoms with Crippen LogP contribution < -0.4 is 9.64 Å². The van der Waals surface area contributed by atoms with Gasteiger partial charge in [-0.1, -0.05) is 30.3 Å². The average Bonchev–Trinajstić information content (AvgIpc) is 3.21. The van der Waals surface area contributed by atoms with Crippen LogP contribution in [0.5, 0.6) is 5.75 Å². The molecule has 3 heterocycles. The quantitative estimate of drug-likeness (QED) is 0.670. The molecule has 3 aromatic rings. The molecule has 5 rings (SSSR count). The van der Waals surface area contributed by atoms with Crippen LogP contribution in [0, 0.1) is 0 Å². The van der Waals surface area contributed by atoms with Gasteiger partial charge in [-0.05, 0) is 42.0 Å². The summed E-state index contributed by atoms with van der Waals surface area (Å²) in [7, 11) is 0. The number of ether oxygens (including phenoxy) is 1. The molecule has 2 aliphatic rings. The molecular weight excluding hydrogens is 406 g/mol. The second-order valence-electron chi connectivity index (χ2n) is 8.14. The molecule has 1 fully saturated rings. The van der Waals surface area contributed by atoms with Crippen molar-refractivity contribution >= 4 is 17.6 Å². The normalized spacial score (nSPS) is 20.2. The molecule has 2 atom stereocenters. The van der Waals surface area contributed by atoms with E-state index in [2.05, 4.69) is 9.88 Å². The number of carbonyl (C=O) groups excluding carboxylic acids is 1. The lowest BCUT2D eigenvalue weighted by Crippen LogP contribution is -2.45. The molecule has 1 amide bonds. The molecule has 2 aromatic carbocycles. The molecule has 162 valence electrons. The van der Waals surface area contributed by atoms with Crippen LogP contribution in [0.3, 0.4) is 0 Å². The Morgan fingerprint density at radius 3 is 2.56 bits per heavy atom. The van der Waals surface area contributed by atoms with Gasteiger partial charge in [0.1, 0.15) is 11.9 Å². The van der Waals surface area contributed by atoms with Crippen molar-refractivity contribution in [3.05, 3.63) is 89.7 Å². The van der Waals surface area contributed by atoms with Crippen LogP contribution in [0.4, 0.5) is 5.69 Å². The van der Waals surface area contributed by atoms with Gasteiger partial charge in [0.15, 0.2) is 0 Å². The number of fused-ring (bicyclic) bond motifs is 3. The third-order valence-electron chi connectivity index (χ3n) is 6.00. The van der Waals surface area contributed by atoms with Gasteiger partial charge in [-0.25, -0.2) is 4.79 Å². The fourth-order valence-electron chi connectivity index (χ4n) is 4.44. The number of anilines is 1. The third kappa shape index (κ3) is 3.94. The molecule has 2 aliphatic heterocycles. The van der Waals surface area contributed by atoms with E-state index in [-0.39, 0.29) is 23.6 Å². The van der Waals surface area contributed by atoms with Gasteiger partial charge in [-0.2, -0.15) is 0 Å². The van der Waals surface area contributed by atoms with Gasteiger partial charge in [-0.3, -0.25) is 14.7 Å². The first-order valence-corrected chi connectivity index (χ1v) is 10.6. The molecule has 1 N–H and O–H groups in total. The van der Waals surface area contributed by atoms with Gasteiger partial charge >= 0.3 is 5.97 Å². The summed E-state index contributed by atoms with van der Waals surface area (Å²) in [4.78, 5) is 33.2. The predicted molar refractivity (Wildman–Crippen MR) is 119 cm³/mol. The molecule has 0 saturated carbocycles. The summed E-state index contributed by atoms with van der Waals surface area (Å²) in [5, 5.41) is 9.13. The van der Waals surface area contributed by atoms with Crippen LogP contribution in [-0.2, 0) is 17.9 Å². The number of para-hydroxylation sites is 2. The highest BCUT2D eigenvalue weighted by Crippen LogP contribution is 2.37. The number of likely N-dealkylation sites (tertiary alicyclic amines) is 1. The van der Waals surface area contributed by atoms with Gasteiger partial charge < -0.3 is 14.7 Å². The number of pyridine rings is 1. The van der Waals surface area contributed by atoms with Crippen molar-refractivity contribution in [1.29, 1.82) is 0 Å². The molecule has 32 heavy (non-hydrogen) atoms. The Morgan fingerprint density at radius 1 is 1.03 bits per heavy atom. The molecule has 7 heteroatoms. The number of hydrogen-bond donors (Lipinski definition) is 1. The molecule has 2 bridgehead atoms. The van der Waals surface area contributed by atoms with E-state index < -0.39 is 5.97 Å². The maximum Gasteiger partial charge on any atom is 0.335 e. The van der Waals surface area contributed by atoms with Crippen LogP contribution in [-0.4, -0.2) is 45.6 Å². The minimum atomic E-state index is -0.951. The lowest BCUT2D eigenvalue weighted by Gasteiger charge is -2.31. The fourth-order valence-corrected chi connectivity index (χ4v) is 4.44. The van der Waals surface area contributed by atoms with E-state index in [9.17, 15) is 9.59 Å². The standard InChI is InChI=1S/C25H23N3O4/c29-24-22-13-20(16-27(22)14-17-8-10-18(11-9-17)25(30)31)32-23-7-2-1-6-21(23)28(24)15-19-5-3-4-12-26-19/h1-12,20,22H,13-16H2,(H,30,31). The highest BCUT2D eigenvalue weighted by Gasteiger charge is 2.42. The van der Waals surface area contributed by atoms with E-state index in [4.69, 9.17) is 9.84 Å². The van der Waals surface area contributed by atoms with Crippen LogP contribution in [0.25, 0.3) is 0 Å². The van der Waals surface area contributed by atoms with Gasteiger partial charge in [0, 0.05) is 25.7 Å². The van der Waals surface area contributed by atoms with Crippen molar-refractivity contribution < 1.29 is 19.4 Å². The Bertz CT molecular complexity index is 1130. The van der Waals surface area contributed by atoms with E-state index >= 15 is 0 Å². The van der Waals surface area contributed by atoms with Crippen LogP contribution in [0.15, 0.2) is 72.9 Å². The van der Waals surface area contributed by atoms with Gasteiger partial charge in [0.2, 0.25) is 5.91 Å². The Kier molecular flexibility index (Phi) is 5.33. The number of carbonyl (C=O) groups is 2. The van der Waals surface area contributed by atoms with Crippen molar-refractivity contribution in [2.75, 3.05) is 11.4 Å². The minimum Gasteiger partial charge on any atom is -0.487 e. The Labute approximate surface area is 185 Å². The van der Waals surface area contributed by atoms with Crippen molar-refractivity contribution in [1.82, 2.24) is 9.88 Å². The van der Waals surface area contributed by atoms with E-state index in [1.807, 2.05) is 42.5 Å². The lowest BCUT2D eigenvalue weighted by molar-refractivity contribution is -0.123. The largest absolute Gasteiger partial charge is 0.487 e. The first-order valence-electron chi connectivity index (χ1n) is 10.6. The highest BCUT2D eigenvalue weighted by molar-refractivity contribution is 5.99. The highest BCUT2D eigenvalue weighted by atomic mass is 16.5. The Balaban J connectivity index is 1.44. The number of aromatic nitrogens is 1. The zero-order valence-electron chi connectivity index (χ0n) is 17.4. The molecule has 0 aliphatic carbocycles. The summed E-state index contributed by atoms with van der Waals surface area (Å²) >= 11 is 0. The number of amides is 1. The van der Waals surface area contributed by atoms with Crippen molar-refractivity contribution in [3.63, 3.8) is 0 Å². The van der Waals surface area contributed by atoms with Crippen molar-refractivity contribution in [2.24, 2.45) is 0 Å². The van der Waals surface area contributed by atoms with E-state index in [0.717, 1.165) is 16.9 Å². The van der Waals surface area contributed by atoms with E-state index in [0.29, 0.717) is 31.8 Å². The van der Waals surface area contributed by atoms with Crippen LogP contribution in [0.1, 0.15) is 28.0 Å². The molecule has 2 unspecified atom stereocenters. The first kappa shape index (κ1) is 20.2. The van der Waals surface area contributed by atoms with E-state index in [1.54, 1.807) is 35.4 Å². The number of benzene rings is 2. The molecular formula is C25H23N3O4. The Hall–Kier alpha value is -3.71. The summed E-state index contributed by atoms with van der Waals surface area (Å²) in [5.74, 6) is -0.225. The minimum absolute atomic E-state index is 0.0241. The summed E-state index contributed by atoms with van der Waals surface area (Å²) in [6, 6.07) is 19.8. The second-order valence-corrected chi connectivity index (χ2v) is 8.14. The molecule has 7 nitrogen and oxygen atoms in total. The zero-order chi connectivity index (χ0) is 22.1. The van der Waals surface area contributed by atoms with Gasteiger partial charge in [0.25, 0.3) is 0 Å². The lowest BCUT2D eigenvalue weighted by atomic mass is 10.1. The molecule has 0 radical (unpaired) electrons. The average molecular weight is 429 g/mol. The number of nitrogens with zero attached hydrogens (tertiary/aromatic N) is 3. The third-order valence-corrected chi connectivity index (χ3v) is 6.00. The van der Waals surface area contributed by atoms with Crippen LogP contribution >= 0.6 is 0 Å². The SMILES string of the molecule is O=C(O)c1ccc(CN2CC3CC2C(=O)N(Cc2ccccn2)c2ccccc2O3)cc1. The fraction of sp³-hybridized carbons (Fsp3) is 0.240.